The molecule has 0 saturated heterocycles. The SMILES string of the molecule is CC(COC(=O)CCc1ccccc1)COC(=O)NC1CCCCC1. The molecule has 0 heterocycles. The van der Waals surface area contributed by atoms with Crippen LogP contribution in [0.4, 0.5) is 4.79 Å². The van der Waals surface area contributed by atoms with Gasteiger partial charge in [0.15, 0.2) is 0 Å². The van der Waals surface area contributed by atoms with Crippen LogP contribution in [0.1, 0.15) is 51.0 Å². The van der Waals surface area contributed by atoms with Gasteiger partial charge in [0, 0.05) is 18.4 Å². The second-order valence-electron chi connectivity index (χ2n) is 6.85. The highest BCUT2D eigenvalue weighted by Gasteiger charge is 2.17. The summed E-state index contributed by atoms with van der Waals surface area (Å²) in [6.07, 6.45) is 6.32. The molecule has 1 aliphatic carbocycles. The van der Waals surface area contributed by atoms with E-state index in [2.05, 4.69) is 5.32 Å². The van der Waals surface area contributed by atoms with Crippen molar-refractivity contribution in [1.29, 1.82) is 0 Å². The topological polar surface area (TPSA) is 64.6 Å². The second kappa shape index (κ2) is 10.7. The Balaban J connectivity index is 1.54. The lowest BCUT2D eigenvalue weighted by atomic mass is 9.96. The monoisotopic (exact) mass is 347 g/mol. The molecule has 25 heavy (non-hydrogen) atoms. The van der Waals surface area contributed by atoms with E-state index in [0.29, 0.717) is 12.8 Å². The number of hydrogen-bond acceptors (Lipinski definition) is 4. The molecule has 1 amide bonds. The van der Waals surface area contributed by atoms with Crippen molar-refractivity contribution >= 4 is 12.1 Å². The first kappa shape index (κ1) is 19.3. The molecular weight excluding hydrogens is 318 g/mol. The van der Waals surface area contributed by atoms with Crippen LogP contribution in [0.15, 0.2) is 30.3 Å². The van der Waals surface area contributed by atoms with E-state index in [0.717, 1.165) is 18.4 Å². The van der Waals surface area contributed by atoms with Crippen LogP contribution in [0, 0.1) is 5.92 Å². The molecule has 1 aliphatic rings. The molecule has 1 atom stereocenters. The Morgan fingerprint density at radius 2 is 1.76 bits per heavy atom. The lowest BCUT2D eigenvalue weighted by Gasteiger charge is -2.22. The van der Waals surface area contributed by atoms with Crippen LogP contribution in [0.2, 0.25) is 0 Å². The largest absolute Gasteiger partial charge is 0.465 e. The van der Waals surface area contributed by atoms with Crippen molar-refractivity contribution in [3.63, 3.8) is 0 Å². The van der Waals surface area contributed by atoms with Gasteiger partial charge in [-0.25, -0.2) is 4.79 Å². The fourth-order valence-electron chi connectivity index (χ4n) is 2.92. The van der Waals surface area contributed by atoms with Crippen LogP contribution in [0.3, 0.4) is 0 Å². The van der Waals surface area contributed by atoms with Gasteiger partial charge in [-0.1, -0.05) is 56.5 Å². The summed E-state index contributed by atoms with van der Waals surface area (Å²) in [6.45, 7) is 2.42. The van der Waals surface area contributed by atoms with Crippen LogP contribution in [0.25, 0.3) is 0 Å². The van der Waals surface area contributed by atoms with Crippen molar-refractivity contribution in [2.75, 3.05) is 13.2 Å². The summed E-state index contributed by atoms with van der Waals surface area (Å²) in [5, 5.41) is 2.91. The molecule has 0 aromatic heterocycles. The molecule has 1 aromatic rings. The average molecular weight is 347 g/mol. The number of aryl methyl sites for hydroxylation is 1. The number of carbonyl (C=O) groups excluding carboxylic acids is 2. The third kappa shape index (κ3) is 8.05. The highest BCUT2D eigenvalue weighted by atomic mass is 16.6. The molecule has 1 saturated carbocycles. The number of alkyl carbamates (subject to hydrolysis) is 1. The first-order valence-corrected chi connectivity index (χ1v) is 9.26. The van der Waals surface area contributed by atoms with Crippen LogP contribution in [-0.4, -0.2) is 31.3 Å². The van der Waals surface area contributed by atoms with Crippen molar-refractivity contribution < 1.29 is 19.1 Å². The number of amides is 1. The minimum atomic E-state index is -0.367. The predicted octanol–water partition coefficient (Wildman–Crippen LogP) is 3.86. The number of esters is 1. The van der Waals surface area contributed by atoms with Gasteiger partial charge >= 0.3 is 12.1 Å². The fourth-order valence-corrected chi connectivity index (χ4v) is 2.92. The Morgan fingerprint density at radius 3 is 2.48 bits per heavy atom. The zero-order valence-corrected chi connectivity index (χ0v) is 15.0. The van der Waals surface area contributed by atoms with Gasteiger partial charge in [0.25, 0.3) is 0 Å². The maximum Gasteiger partial charge on any atom is 0.407 e. The van der Waals surface area contributed by atoms with Gasteiger partial charge in [0.2, 0.25) is 0 Å². The predicted molar refractivity (Wildman–Crippen MR) is 96.2 cm³/mol. The van der Waals surface area contributed by atoms with E-state index in [4.69, 9.17) is 9.47 Å². The highest BCUT2D eigenvalue weighted by molar-refractivity contribution is 5.69. The Bertz CT molecular complexity index is 526. The van der Waals surface area contributed by atoms with E-state index in [1.807, 2.05) is 37.3 Å². The van der Waals surface area contributed by atoms with Crippen molar-refractivity contribution in [2.45, 2.75) is 57.9 Å². The van der Waals surface area contributed by atoms with Crippen LogP contribution < -0.4 is 5.32 Å². The zero-order valence-electron chi connectivity index (χ0n) is 15.0. The number of nitrogens with one attached hydrogen (secondary N) is 1. The van der Waals surface area contributed by atoms with Crippen LogP contribution in [-0.2, 0) is 20.7 Å². The van der Waals surface area contributed by atoms with Gasteiger partial charge in [0.05, 0.1) is 13.2 Å². The Morgan fingerprint density at radius 1 is 1.08 bits per heavy atom. The molecule has 5 heteroatoms. The molecule has 1 fully saturated rings. The third-order valence-electron chi connectivity index (χ3n) is 4.42. The number of benzene rings is 1. The van der Waals surface area contributed by atoms with Crippen LogP contribution >= 0.6 is 0 Å². The normalized spacial score (nSPS) is 16.0. The van der Waals surface area contributed by atoms with E-state index in [-0.39, 0.29) is 37.2 Å². The Labute approximate surface area is 150 Å². The van der Waals surface area contributed by atoms with Crippen molar-refractivity contribution in [3.05, 3.63) is 35.9 Å². The van der Waals surface area contributed by atoms with Gasteiger partial charge in [0.1, 0.15) is 0 Å². The second-order valence-corrected chi connectivity index (χ2v) is 6.85. The molecule has 1 N–H and O–H groups in total. The number of rotatable bonds is 8. The summed E-state index contributed by atoms with van der Waals surface area (Å²) in [5.74, 6) is -0.236. The molecule has 2 rings (SSSR count). The summed E-state index contributed by atoms with van der Waals surface area (Å²) >= 11 is 0. The lowest BCUT2D eigenvalue weighted by Crippen LogP contribution is -2.37. The van der Waals surface area contributed by atoms with Crippen molar-refractivity contribution in [2.24, 2.45) is 5.92 Å². The van der Waals surface area contributed by atoms with Crippen molar-refractivity contribution in [3.8, 4) is 0 Å². The fraction of sp³-hybridized carbons (Fsp3) is 0.600. The van der Waals surface area contributed by atoms with E-state index < -0.39 is 0 Å². The quantitative estimate of drug-likeness (QED) is 0.725. The highest BCUT2D eigenvalue weighted by Crippen LogP contribution is 2.17. The number of ether oxygens (including phenoxy) is 2. The summed E-state index contributed by atoms with van der Waals surface area (Å²) in [4.78, 5) is 23.6. The minimum absolute atomic E-state index is 0.0159. The Kier molecular flexibility index (Phi) is 8.29. The van der Waals surface area contributed by atoms with Crippen LogP contribution in [0.5, 0.6) is 0 Å². The average Bonchev–Trinajstić information content (AvgIpc) is 2.64. The molecule has 138 valence electrons. The van der Waals surface area contributed by atoms with Gasteiger partial charge in [-0.05, 0) is 24.8 Å². The molecular formula is C20H29NO4. The summed E-state index contributed by atoms with van der Waals surface area (Å²) < 4.78 is 10.5. The minimum Gasteiger partial charge on any atom is -0.465 e. The van der Waals surface area contributed by atoms with Gasteiger partial charge in [-0.3, -0.25) is 4.79 Å². The molecule has 1 aromatic carbocycles. The zero-order chi connectivity index (χ0) is 17.9. The maximum absolute atomic E-state index is 11.8. The summed E-state index contributed by atoms with van der Waals surface area (Å²) in [6, 6.07) is 10.1. The standard InChI is InChI=1S/C20H29NO4/c1-16(15-25-20(23)21-18-10-6-3-7-11-18)14-24-19(22)13-12-17-8-4-2-5-9-17/h2,4-5,8-9,16,18H,3,6-7,10-15H2,1H3,(H,21,23). The molecule has 0 spiro atoms. The summed E-state index contributed by atoms with van der Waals surface area (Å²) in [5.41, 5.74) is 1.12. The van der Waals surface area contributed by atoms with E-state index >= 15 is 0 Å². The van der Waals surface area contributed by atoms with E-state index in [1.165, 1.54) is 19.3 Å². The molecule has 0 aliphatic heterocycles. The van der Waals surface area contributed by atoms with E-state index in [9.17, 15) is 9.59 Å². The van der Waals surface area contributed by atoms with Gasteiger partial charge in [-0.15, -0.1) is 0 Å². The Hall–Kier alpha value is -2.04. The lowest BCUT2D eigenvalue weighted by molar-refractivity contribution is -0.145. The summed E-state index contributed by atoms with van der Waals surface area (Å²) in [7, 11) is 0. The third-order valence-corrected chi connectivity index (χ3v) is 4.42. The smallest absolute Gasteiger partial charge is 0.407 e. The number of carbonyl (C=O) groups is 2. The molecule has 0 radical (unpaired) electrons. The number of hydrogen-bond donors (Lipinski definition) is 1. The first-order chi connectivity index (χ1) is 12.1. The maximum atomic E-state index is 11.8. The van der Waals surface area contributed by atoms with Crippen molar-refractivity contribution in [1.82, 2.24) is 5.32 Å². The first-order valence-electron chi connectivity index (χ1n) is 9.26. The molecule has 1 unspecified atom stereocenters. The molecule has 5 nitrogen and oxygen atoms in total. The molecule has 0 bridgehead atoms. The van der Waals surface area contributed by atoms with E-state index in [1.54, 1.807) is 0 Å². The van der Waals surface area contributed by atoms with Gasteiger partial charge in [-0.2, -0.15) is 0 Å². The van der Waals surface area contributed by atoms with Gasteiger partial charge < -0.3 is 14.8 Å².